The first-order chi connectivity index (χ1) is 19.1. The van der Waals surface area contributed by atoms with Gasteiger partial charge in [0.25, 0.3) is 0 Å². The van der Waals surface area contributed by atoms with Gasteiger partial charge >= 0.3 is 0 Å². The smallest absolute Gasteiger partial charge is 0.161 e. The fourth-order valence-corrected chi connectivity index (χ4v) is 5.22. The first-order valence-corrected chi connectivity index (χ1v) is 13.9. The van der Waals surface area contributed by atoms with Crippen molar-refractivity contribution in [1.29, 1.82) is 0 Å². The average Bonchev–Trinajstić information content (AvgIpc) is 3.27. The molecule has 2 heterocycles. The fourth-order valence-electron chi connectivity index (χ4n) is 4.98. The number of fused-ring (bicyclic) bond motifs is 1. The van der Waals surface area contributed by atoms with Gasteiger partial charge in [0.1, 0.15) is 19.0 Å². The molecule has 4 aromatic rings. The van der Waals surface area contributed by atoms with Gasteiger partial charge in [-0.05, 0) is 41.3 Å². The normalized spacial score (nSPS) is 12.9. The molecule has 0 amide bonds. The molecule has 7 heteroatoms. The Morgan fingerprint density at radius 1 is 0.923 bits per heavy atom. The van der Waals surface area contributed by atoms with Crippen molar-refractivity contribution in [1.82, 2.24) is 14.5 Å². The van der Waals surface area contributed by atoms with Crippen molar-refractivity contribution in [3.8, 4) is 22.9 Å². The minimum atomic E-state index is 0.559. The molecule has 0 unspecified atom stereocenters. The molecule has 0 bridgehead atoms. The van der Waals surface area contributed by atoms with E-state index in [9.17, 15) is 0 Å². The third-order valence-corrected chi connectivity index (χ3v) is 7.12. The number of ether oxygens (including phenoxy) is 2. The number of aromatic nitrogens is 2. The molecular weight excluding hydrogens is 508 g/mol. The Balaban J connectivity index is 1.49. The van der Waals surface area contributed by atoms with E-state index in [0.29, 0.717) is 24.9 Å². The summed E-state index contributed by atoms with van der Waals surface area (Å²) in [5, 5.41) is 0.559. The van der Waals surface area contributed by atoms with Gasteiger partial charge in [-0.2, -0.15) is 0 Å². The number of aliphatic imine (C=N–C) groups is 1. The standard InChI is InChI=1S/C32H35ClN4O2/c1-3-4-15-37-28(31(33)35-32(37)27-11-6-5-7-12-27)23-36(21-25-10-8-9-24(18-25)20-34-2)22-26-13-14-29-30(19-26)39-17-16-38-29/h5-14,18-20H,3-4,15-17,21-23H2,1-2H3. The summed E-state index contributed by atoms with van der Waals surface area (Å²) in [7, 11) is 1.80. The Morgan fingerprint density at radius 2 is 1.69 bits per heavy atom. The topological polar surface area (TPSA) is 51.9 Å². The van der Waals surface area contributed by atoms with Gasteiger partial charge in [-0.1, -0.05) is 79.5 Å². The average molecular weight is 543 g/mol. The van der Waals surface area contributed by atoms with Crippen LogP contribution in [0.3, 0.4) is 0 Å². The predicted molar refractivity (Wildman–Crippen MR) is 158 cm³/mol. The maximum atomic E-state index is 6.88. The van der Waals surface area contributed by atoms with Crippen molar-refractivity contribution in [2.75, 3.05) is 20.3 Å². The van der Waals surface area contributed by atoms with Crippen LogP contribution in [0.1, 0.15) is 42.1 Å². The van der Waals surface area contributed by atoms with Crippen LogP contribution in [0.15, 0.2) is 77.8 Å². The molecule has 0 radical (unpaired) electrons. The summed E-state index contributed by atoms with van der Waals surface area (Å²) in [5.74, 6) is 2.53. The van der Waals surface area contributed by atoms with Crippen LogP contribution in [-0.2, 0) is 26.2 Å². The van der Waals surface area contributed by atoms with Crippen LogP contribution >= 0.6 is 11.6 Å². The third-order valence-electron chi connectivity index (χ3n) is 6.81. The monoisotopic (exact) mass is 542 g/mol. The van der Waals surface area contributed by atoms with Crippen LogP contribution in [0, 0.1) is 0 Å². The molecule has 202 valence electrons. The van der Waals surface area contributed by atoms with Gasteiger partial charge in [0, 0.05) is 45.0 Å². The zero-order valence-corrected chi connectivity index (χ0v) is 23.4. The predicted octanol–water partition coefficient (Wildman–Crippen LogP) is 7.03. The van der Waals surface area contributed by atoms with Crippen molar-refractivity contribution in [2.45, 2.75) is 45.9 Å². The number of unbranched alkanes of at least 4 members (excludes halogenated alkanes) is 1. The summed E-state index contributed by atoms with van der Waals surface area (Å²) in [6.45, 7) is 6.36. The number of benzene rings is 3. The van der Waals surface area contributed by atoms with Gasteiger partial charge < -0.3 is 14.0 Å². The maximum Gasteiger partial charge on any atom is 0.161 e. The molecule has 1 aliphatic rings. The van der Waals surface area contributed by atoms with E-state index in [-0.39, 0.29) is 0 Å². The second kappa shape index (κ2) is 13.0. The summed E-state index contributed by atoms with van der Waals surface area (Å²) < 4.78 is 13.9. The molecule has 3 aromatic carbocycles. The third kappa shape index (κ3) is 6.70. The molecule has 1 aliphatic heterocycles. The largest absolute Gasteiger partial charge is 0.486 e. The SMILES string of the molecule is CCCCn1c(-c2ccccc2)nc(Cl)c1CN(Cc1cccc(C=NC)c1)Cc1ccc2c(c1)OCCO2. The first-order valence-electron chi connectivity index (χ1n) is 13.6. The van der Waals surface area contributed by atoms with E-state index in [2.05, 4.69) is 69.9 Å². The first kappa shape index (κ1) is 27.0. The molecule has 5 rings (SSSR count). The Hall–Kier alpha value is -3.61. The highest BCUT2D eigenvalue weighted by Gasteiger charge is 2.21. The number of hydrogen-bond donors (Lipinski definition) is 0. The molecule has 0 spiro atoms. The number of rotatable bonds is 11. The highest BCUT2D eigenvalue weighted by molar-refractivity contribution is 6.30. The molecule has 0 N–H and O–H groups in total. The van der Waals surface area contributed by atoms with Crippen LogP contribution < -0.4 is 9.47 Å². The van der Waals surface area contributed by atoms with E-state index >= 15 is 0 Å². The Morgan fingerprint density at radius 3 is 2.46 bits per heavy atom. The van der Waals surface area contributed by atoms with E-state index in [1.54, 1.807) is 7.05 Å². The van der Waals surface area contributed by atoms with Crippen LogP contribution in [0.2, 0.25) is 5.15 Å². The highest BCUT2D eigenvalue weighted by atomic mass is 35.5. The molecule has 0 aliphatic carbocycles. The lowest BCUT2D eigenvalue weighted by atomic mass is 10.1. The molecule has 1 aromatic heterocycles. The summed E-state index contributed by atoms with van der Waals surface area (Å²) in [5.41, 5.74) is 5.57. The lowest BCUT2D eigenvalue weighted by molar-refractivity contribution is 0.170. The van der Waals surface area contributed by atoms with Gasteiger partial charge in [-0.25, -0.2) is 4.98 Å². The number of imidazole rings is 1. The zero-order valence-electron chi connectivity index (χ0n) is 22.6. The molecule has 39 heavy (non-hydrogen) atoms. The van der Waals surface area contributed by atoms with Crippen LogP contribution in [0.25, 0.3) is 11.4 Å². The maximum absolute atomic E-state index is 6.88. The summed E-state index contributed by atoms with van der Waals surface area (Å²) in [6.07, 6.45) is 4.04. The van der Waals surface area contributed by atoms with E-state index in [1.165, 1.54) is 5.56 Å². The van der Waals surface area contributed by atoms with Crippen LogP contribution in [0.4, 0.5) is 0 Å². The molecule has 0 atom stereocenters. The van der Waals surface area contributed by atoms with Crippen molar-refractivity contribution >= 4 is 17.8 Å². The van der Waals surface area contributed by atoms with Crippen molar-refractivity contribution < 1.29 is 9.47 Å². The quantitative estimate of drug-likeness (QED) is 0.191. The molecule has 0 fully saturated rings. The second-order valence-electron chi connectivity index (χ2n) is 9.80. The van der Waals surface area contributed by atoms with Crippen molar-refractivity contribution in [2.24, 2.45) is 4.99 Å². The summed E-state index contributed by atoms with van der Waals surface area (Å²) in [4.78, 5) is 11.4. The van der Waals surface area contributed by atoms with E-state index < -0.39 is 0 Å². The van der Waals surface area contributed by atoms with Gasteiger partial charge in [0.05, 0.1) is 5.69 Å². The fraction of sp³-hybridized carbons (Fsp3) is 0.312. The van der Waals surface area contributed by atoms with Gasteiger partial charge in [0.15, 0.2) is 16.7 Å². The summed E-state index contributed by atoms with van der Waals surface area (Å²) >= 11 is 6.88. The Bertz CT molecular complexity index is 1420. The summed E-state index contributed by atoms with van der Waals surface area (Å²) in [6, 6.07) is 25.0. The minimum absolute atomic E-state index is 0.559. The number of halogens is 1. The lowest BCUT2D eigenvalue weighted by Gasteiger charge is -2.25. The lowest BCUT2D eigenvalue weighted by Crippen LogP contribution is -2.25. The van der Waals surface area contributed by atoms with Crippen LogP contribution in [-0.4, -0.2) is 40.9 Å². The molecular formula is C32H35ClN4O2. The van der Waals surface area contributed by atoms with E-state index in [4.69, 9.17) is 26.1 Å². The van der Waals surface area contributed by atoms with Gasteiger partial charge in [-0.15, -0.1) is 0 Å². The van der Waals surface area contributed by atoms with E-state index in [0.717, 1.165) is 72.2 Å². The second-order valence-corrected chi connectivity index (χ2v) is 10.2. The molecule has 0 saturated heterocycles. The van der Waals surface area contributed by atoms with E-state index in [1.807, 2.05) is 30.5 Å². The van der Waals surface area contributed by atoms with Crippen LogP contribution in [0.5, 0.6) is 11.5 Å². The molecule has 0 saturated carbocycles. The number of nitrogens with zero attached hydrogens (tertiary/aromatic N) is 4. The van der Waals surface area contributed by atoms with Crippen molar-refractivity contribution in [3.05, 3.63) is 100 Å². The minimum Gasteiger partial charge on any atom is -0.486 e. The van der Waals surface area contributed by atoms with Gasteiger partial charge in [-0.3, -0.25) is 9.89 Å². The van der Waals surface area contributed by atoms with Gasteiger partial charge in [0.2, 0.25) is 0 Å². The Labute approximate surface area is 235 Å². The Kier molecular flexibility index (Phi) is 8.96. The van der Waals surface area contributed by atoms with Crippen molar-refractivity contribution in [3.63, 3.8) is 0 Å². The number of hydrogen-bond acceptors (Lipinski definition) is 5. The molecule has 6 nitrogen and oxygen atoms in total. The zero-order chi connectivity index (χ0) is 27.0. The highest BCUT2D eigenvalue weighted by Crippen LogP contribution is 2.32.